The van der Waals surface area contributed by atoms with E-state index in [-0.39, 0.29) is 5.92 Å². The Morgan fingerprint density at radius 2 is 2.06 bits per heavy atom. The summed E-state index contributed by atoms with van der Waals surface area (Å²) in [5, 5.41) is 10.4. The number of rotatable bonds is 3. The van der Waals surface area contributed by atoms with E-state index in [1.54, 1.807) is 17.5 Å². The maximum Gasteiger partial charge on any atom is 0.0962 e. The predicted octanol–water partition coefficient (Wildman–Crippen LogP) is 3.60. The van der Waals surface area contributed by atoms with Crippen LogP contribution in [0.4, 0.5) is 0 Å². The monoisotopic (exact) mass is 247 g/mol. The number of hydrogen-bond donors (Lipinski definition) is 1. The van der Waals surface area contributed by atoms with E-state index >= 15 is 0 Å². The molecule has 2 heterocycles. The third-order valence-electron chi connectivity index (χ3n) is 3.10. The fourth-order valence-corrected chi connectivity index (χ4v) is 2.94. The summed E-state index contributed by atoms with van der Waals surface area (Å²) in [7, 11) is 0. The largest absolute Gasteiger partial charge is 0.387 e. The summed E-state index contributed by atoms with van der Waals surface area (Å²) < 4.78 is 0. The molecule has 2 unspecified atom stereocenters. The molecule has 2 nitrogen and oxygen atoms in total. The molecule has 0 aliphatic carbocycles. The number of pyridine rings is 1. The first-order valence-electron chi connectivity index (χ1n) is 5.75. The molecule has 2 atom stereocenters. The molecule has 90 valence electrons. The zero-order valence-electron chi connectivity index (χ0n) is 10.3. The van der Waals surface area contributed by atoms with Gasteiger partial charge in [-0.15, -0.1) is 11.3 Å². The molecule has 0 bridgehead atoms. The highest BCUT2D eigenvalue weighted by Crippen LogP contribution is 2.34. The van der Waals surface area contributed by atoms with Crippen LogP contribution in [0.15, 0.2) is 30.5 Å². The maximum atomic E-state index is 10.4. The first kappa shape index (κ1) is 12.3. The van der Waals surface area contributed by atoms with Crippen molar-refractivity contribution >= 4 is 11.3 Å². The van der Waals surface area contributed by atoms with Gasteiger partial charge in [0.1, 0.15) is 0 Å². The van der Waals surface area contributed by atoms with Crippen molar-refractivity contribution in [2.75, 3.05) is 0 Å². The van der Waals surface area contributed by atoms with Gasteiger partial charge in [-0.05, 0) is 37.6 Å². The van der Waals surface area contributed by atoms with Crippen molar-refractivity contribution in [3.05, 3.63) is 51.5 Å². The summed E-state index contributed by atoms with van der Waals surface area (Å²) in [6.45, 7) is 6.17. The van der Waals surface area contributed by atoms with Crippen molar-refractivity contribution in [3.63, 3.8) is 0 Å². The summed E-state index contributed by atoms with van der Waals surface area (Å²) in [5.41, 5.74) is 2.18. The number of aryl methyl sites for hydroxylation is 2. The minimum Gasteiger partial charge on any atom is -0.387 e. The van der Waals surface area contributed by atoms with Gasteiger partial charge in [-0.25, -0.2) is 0 Å². The quantitative estimate of drug-likeness (QED) is 0.899. The second-order valence-electron chi connectivity index (χ2n) is 4.38. The zero-order chi connectivity index (χ0) is 12.4. The van der Waals surface area contributed by atoms with Gasteiger partial charge in [0.2, 0.25) is 0 Å². The predicted molar refractivity (Wildman–Crippen MR) is 71.4 cm³/mol. The Morgan fingerprint density at radius 3 is 2.59 bits per heavy atom. The van der Waals surface area contributed by atoms with E-state index < -0.39 is 6.10 Å². The van der Waals surface area contributed by atoms with Crippen molar-refractivity contribution in [2.45, 2.75) is 32.8 Å². The van der Waals surface area contributed by atoms with E-state index in [9.17, 15) is 5.11 Å². The van der Waals surface area contributed by atoms with Crippen LogP contribution < -0.4 is 0 Å². The molecule has 0 radical (unpaired) electrons. The number of aliphatic hydroxyl groups is 1. The highest BCUT2D eigenvalue weighted by molar-refractivity contribution is 7.12. The van der Waals surface area contributed by atoms with Gasteiger partial charge in [-0.1, -0.05) is 13.0 Å². The van der Waals surface area contributed by atoms with Crippen LogP contribution in [0, 0.1) is 13.8 Å². The van der Waals surface area contributed by atoms with Crippen molar-refractivity contribution < 1.29 is 5.11 Å². The topological polar surface area (TPSA) is 33.1 Å². The van der Waals surface area contributed by atoms with Crippen molar-refractivity contribution in [1.29, 1.82) is 0 Å². The number of thiophene rings is 1. The van der Waals surface area contributed by atoms with Gasteiger partial charge in [0.05, 0.1) is 6.10 Å². The highest BCUT2D eigenvalue weighted by Gasteiger charge is 2.21. The average Bonchev–Trinajstić information content (AvgIpc) is 2.69. The minimum atomic E-state index is -0.470. The normalized spacial score (nSPS) is 14.6. The van der Waals surface area contributed by atoms with Crippen LogP contribution in [-0.4, -0.2) is 10.1 Å². The molecule has 17 heavy (non-hydrogen) atoms. The molecular weight excluding hydrogens is 230 g/mol. The standard InChI is InChI=1S/C14H17NOS/c1-9-8-13(17-11(9)3)14(16)10(2)12-6-4-5-7-15-12/h4-8,10,14,16H,1-3H3. The summed E-state index contributed by atoms with van der Waals surface area (Å²) in [4.78, 5) is 6.60. The molecule has 0 aromatic carbocycles. The molecule has 0 fully saturated rings. The molecule has 0 saturated heterocycles. The Balaban J connectivity index is 2.23. The molecule has 1 N–H and O–H groups in total. The van der Waals surface area contributed by atoms with E-state index in [4.69, 9.17) is 0 Å². The van der Waals surface area contributed by atoms with Gasteiger partial charge < -0.3 is 5.11 Å². The smallest absolute Gasteiger partial charge is 0.0962 e. The van der Waals surface area contributed by atoms with Crippen LogP contribution in [-0.2, 0) is 0 Å². The molecule has 2 rings (SSSR count). The number of aliphatic hydroxyl groups excluding tert-OH is 1. The van der Waals surface area contributed by atoms with E-state index in [0.29, 0.717) is 0 Å². The van der Waals surface area contributed by atoms with Crippen LogP contribution in [0.5, 0.6) is 0 Å². The minimum absolute atomic E-state index is 0.0219. The molecule has 0 aliphatic rings. The zero-order valence-corrected chi connectivity index (χ0v) is 11.2. The van der Waals surface area contributed by atoms with Gasteiger partial charge >= 0.3 is 0 Å². The summed E-state index contributed by atoms with van der Waals surface area (Å²) in [6, 6.07) is 7.88. The lowest BCUT2D eigenvalue weighted by Gasteiger charge is -2.16. The van der Waals surface area contributed by atoms with E-state index in [0.717, 1.165) is 10.6 Å². The number of nitrogens with zero attached hydrogens (tertiary/aromatic N) is 1. The summed E-state index contributed by atoms with van der Waals surface area (Å²) in [5.74, 6) is 0.0219. The van der Waals surface area contributed by atoms with Crippen molar-refractivity contribution in [3.8, 4) is 0 Å². The molecule has 0 spiro atoms. The summed E-state index contributed by atoms with van der Waals surface area (Å²) >= 11 is 1.67. The van der Waals surface area contributed by atoms with Gasteiger partial charge in [0.15, 0.2) is 0 Å². The third kappa shape index (κ3) is 2.56. The van der Waals surface area contributed by atoms with E-state index in [1.165, 1.54) is 10.4 Å². The van der Waals surface area contributed by atoms with Gasteiger partial charge in [-0.3, -0.25) is 4.98 Å². The second kappa shape index (κ2) is 4.98. The van der Waals surface area contributed by atoms with Gasteiger partial charge in [0, 0.05) is 27.6 Å². The van der Waals surface area contributed by atoms with E-state index in [1.807, 2.05) is 25.1 Å². The van der Waals surface area contributed by atoms with Crippen LogP contribution in [0.25, 0.3) is 0 Å². The van der Waals surface area contributed by atoms with Crippen molar-refractivity contribution in [1.82, 2.24) is 4.98 Å². The Kier molecular flexibility index (Phi) is 3.60. The maximum absolute atomic E-state index is 10.4. The van der Waals surface area contributed by atoms with Crippen LogP contribution >= 0.6 is 11.3 Å². The Bertz CT molecular complexity index is 473. The van der Waals surface area contributed by atoms with Crippen LogP contribution in [0.3, 0.4) is 0 Å². The lowest BCUT2D eigenvalue weighted by atomic mass is 9.99. The lowest BCUT2D eigenvalue weighted by molar-refractivity contribution is 0.153. The second-order valence-corrected chi connectivity index (χ2v) is 5.66. The van der Waals surface area contributed by atoms with E-state index in [2.05, 4.69) is 24.9 Å². The summed E-state index contributed by atoms with van der Waals surface area (Å²) in [6.07, 6.45) is 1.30. The number of hydrogen-bond acceptors (Lipinski definition) is 3. The third-order valence-corrected chi connectivity index (χ3v) is 4.33. The Morgan fingerprint density at radius 1 is 1.29 bits per heavy atom. The highest BCUT2D eigenvalue weighted by atomic mass is 32.1. The van der Waals surface area contributed by atoms with Crippen LogP contribution in [0.1, 0.15) is 40.0 Å². The fourth-order valence-electron chi connectivity index (χ4n) is 1.80. The van der Waals surface area contributed by atoms with Crippen molar-refractivity contribution in [2.24, 2.45) is 0 Å². The molecule has 0 amide bonds. The lowest BCUT2D eigenvalue weighted by Crippen LogP contribution is -2.07. The first-order valence-corrected chi connectivity index (χ1v) is 6.57. The average molecular weight is 247 g/mol. The molecule has 2 aromatic heterocycles. The molecule has 2 aromatic rings. The molecule has 0 aliphatic heterocycles. The molecule has 3 heteroatoms. The van der Waals surface area contributed by atoms with Gasteiger partial charge in [0.25, 0.3) is 0 Å². The number of aromatic nitrogens is 1. The SMILES string of the molecule is Cc1cc(C(O)C(C)c2ccccn2)sc1C. The Labute approximate surface area is 106 Å². The molecular formula is C14H17NOS. The first-order chi connectivity index (χ1) is 8.09. The fraction of sp³-hybridized carbons (Fsp3) is 0.357. The van der Waals surface area contributed by atoms with Gasteiger partial charge in [-0.2, -0.15) is 0 Å². The Hall–Kier alpha value is -1.19. The molecule has 0 saturated carbocycles. The van der Waals surface area contributed by atoms with Crippen LogP contribution in [0.2, 0.25) is 0 Å².